The van der Waals surface area contributed by atoms with Gasteiger partial charge >= 0.3 is 0 Å². The molecule has 2 aromatic carbocycles. The number of hydrogen-bond donors (Lipinski definition) is 1. The maximum Gasteiger partial charge on any atom is 0.169 e. The average Bonchev–Trinajstić information content (AvgIpc) is 3.21. The van der Waals surface area contributed by atoms with Gasteiger partial charge in [-0.05, 0) is 49.1 Å². The van der Waals surface area contributed by atoms with Gasteiger partial charge in [-0.25, -0.2) is 9.97 Å². The van der Waals surface area contributed by atoms with E-state index in [-0.39, 0.29) is 0 Å². The third kappa shape index (κ3) is 3.77. The Balaban J connectivity index is 1.57. The van der Waals surface area contributed by atoms with Crippen LogP contribution < -0.4 is 15.2 Å². The van der Waals surface area contributed by atoms with Crippen molar-refractivity contribution in [3.05, 3.63) is 66.7 Å². The summed E-state index contributed by atoms with van der Waals surface area (Å²) in [6, 6.07) is 15.6. The molecule has 1 aliphatic carbocycles. The summed E-state index contributed by atoms with van der Waals surface area (Å²) in [5, 5.41) is 0. The van der Waals surface area contributed by atoms with Crippen LogP contribution in [-0.2, 0) is 0 Å². The highest BCUT2D eigenvalue weighted by molar-refractivity contribution is 5.86. The fraction of sp³-hybridized carbons (Fsp3) is 0.308. The molecule has 6 nitrogen and oxygen atoms in total. The zero-order valence-electron chi connectivity index (χ0n) is 18.5. The van der Waals surface area contributed by atoms with Crippen molar-refractivity contribution in [2.24, 2.45) is 5.92 Å². The summed E-state index contributed by atoms with van der Waals surface area (Å²) < 4.78 is 13.8. The van der Waals surface area contributed by atoms with Crippen LogP contribution in [0, 0.1) is 5.92 Å². The quantitative estimate of drug-likeness (QED) is 0.417. The van der Waals surface area contributed by atoms with E-state index in [0.717, 1.165) is 47.1 Å². The van der Waals surface area contributed by atoms with Gasteiger partial charge in [0.15, 0.2) is 11.5 Å². The van der Waals surface area contributed by atoms with Crippen molar-refractivity contribution in [3.8, 4) is 28.5 Å². The Morgan fingerprint density at radius 3 is 2.53 bits per heavy atom. The monoisotopic (exact) mass is 428 g/mol. The Labute approximate surface area is 188 Å². The zero-order chi connectivity index (χ0) is 22.1. The van der Waals surface area contributed by atoms with Gasteiger partial charge < -0.3 is 15.2 Å². The Morgan fingerprint density at radius 2 is 1.78 bits per heavy atom. The van der Waals surface area contributed by atoms with Crippen LogP contribution in [0.25, 0.3) is 16.8 Å². The van der Waals surface area contributed by atoms with Crippen LogP contribution in [0.5, 0.6) is 17.2 Å². The first-order valence-electron chi connectivity index (χ1n) is 11.2. The van der Waals surface area contributed by atoms with E-state index in [2.05, 4.69) is 16.3 Å². The molecule has 0 amide bonds. The number of imidazole rings is 1. The van der Waals surface area contributed by atoms with E-state index in [1.807, 2.05) is 54.7 Å². The second-order valence-electron chi connectivity index (χ2n) is 8.59. The molecule has 0 bridgehead atoms. The molecule has 5 rings (SSSR count). The minimum atomic E-state index is 0.428. The number of fused-ring (bicyclic) bond motifs is 1. The Morgan fingerprint density at radius 1 is 1.00 bits per heavy atom. The number of para-hydroxylation sites is 1. The predicted molar refractivity (Wildman–Crippen MR) is 126 cm³/mol. The Hall–Kier alpha value is -3.54. The molecule has 0 unspecified atom stereocenters. The number of nitrogens with zero attached hydrogens (tertiary/aromatic N) is 3. The van der Waals surface area contributed by atoms with Crippen molar-refractivity contribution in [3.63, 3.8) is 0 Å². The summed E-state index contributed by atoms with van der Waals surface area (Å²) in [4.78, 5) is 9.45. The van der Waals surface area contributed by atoms with Crippen molar-refractivity contribution in [2.75, 3.05) is 12.8 Å². The fourth-order valence-electron chi connectivity index (χ4n) is 4.61. The molecule has 2 aromatic heterocycles. The summed E-state index contributed by atoms with van der Waals surface area (Å²) in [6.45, 7) is 2.33. The standard InChI is InChI=1S/C26H28N4O2/c1-17-8-10-18(11-9-17)26-29-23(24-25(27)28-14-15-30(24)26)19-12-13-21(22(16-19)31-2)32-20-6-4-3-5-7-20/h3-7,12-18H,8-11H2,1-2H3,(H2,27,28). The lowest BCUT2D eigenvalue weighted by Crippen LogP contribution is -2.13. The van der Waals surface area contributed by atoms with Gasteiger partial charge in [-0.1, -0.05) is 38.0 Å². The van der Waals surface area contributed by atoms with Crippen LogP contribution in [-0.4, -0.2) is 21.5 Å². The molecule has 0 radical (unpaired) electrons. The van der Waals surface area contributed by atoms with Gasteiger partial charge in [0.1, 0.15) is 28.6 Å². The molecule has 0 saturated heterocycles. The van der Waals surface area contributed by atoms with Crippen LogP contribution in [0.2, 0.25) is 0 Å². The van der Waals surface area contributed by atoms with Gasteiger partial charge in [0.05, 0.1) is 7.11 Å². The molecule has 2 N–H and O–H groups in total. The lowest BCUT2D eigenvalue weighted by molar-refractivity contribution is 0.339. The van der Waals surface area contributed by atoms with Crippen molar-refractivity contribution < 1.29 is 9.47 Å². The maximum atomic E-state index is 6.33. The third-order valence-electron chi connectivity index (χ3n) is 6.40. The SMILES string of the molecule is COc1cc(-c2nc(C3CCC(C)CC3)n3ccnc(N)c23)ccc1Oc1ccccc1. The Bertz CT molecular complexity index is 1230. The molecule has 0 aliphatic heterocycles. The minimum absolute atomic E-state index is 0.428. The molecule has 4 aromatic rings. The first-order chi connectivity index (χ1) is 15.6. The number of nitrogens with two attached hydrogens (primary N) is 1. The van der Waals surface area contributed by atoms with E-state index in [1.54, 1.807) is 13.3 Å². The van der Waals surface area contributed by atoms with E-state index < -0.39 is 0 Å². The summed E-state index contributed by atoms with van der Waals surface area (Å²) in [5.41, 5.74) is 8.93. The molecule has 2 heterocycles. The number of benzene rings is 2. The molecule has 1 aliphatic rings. The molecule has 0 atom stereocenters. The van der Waals surface area contributed by atoms with Crippen LogP contribution in [0.1, 0.15) is 44.3 Å². The number of nitrogen functional groups attached to an aromatic ring is 1. The zero-order valence-corrected chi connectivity index (χ0v) is 18.5. The van der Waals surface area contributed by atoms with Gasteiger partial charge in [-0.3, -0.25) is 4.40 Å². The van der Waals surface area contributed by atoms with Crippen LogP contribution >= 0.6 is 0 Å². The third-order valence-corrected chi connectivity index (χ3v) is 6.40. The van der Waals surface area contributed by atoms with Crippen LogP contribution in [0.15, 0.2) is 60.9 Å². The van der Waals surface area contributed by atoms with Crippen molar-refractivity contribution >= 4 is 11.3 Å². The van der Waals surface area contributed by atoms with E-state index in [1.165, 1.54) is 12.8 Å². The highest BCUT2D eigenvalue weighted by Crippen LogP contribution is 2.40. The summed E-state index contributed by atoms with van der Waals surface area (Å²) in [5.74, 6) is 4.81. The number of hydrogen-bond acceptors (Lipinski definition) is 5. The van der Waals surface area contributed by atoms with Gasteiger partial charge in [0.25, 0.3) is 0 Å². The summed E-state index contributed by atoms with van der Waals surface area (Å²) in [6.07, 6.45) is 8.48. The number of methoxy groups -OCH3 is 1. The summed E-state index contributed by atoms with van der Waals surface area (Å²) in [7, 11) is 1.65. The average molecular weight is 429 g/mol. The van der Waals surface area contributed by atoms with Gasteiger partial charge in [0.2, 0.25) is 0 Å². The Kier molecular flexibility index (Phi) is 5.43. The second kappa shape index (κ2) is 8.54. The second-order valence-corrected chi connectivity index (χ2v) is 8.59. The topological polar surface area (TPSA) is 74.7 Å². The first-order valence-corrected chi connectivity index (χ1v) is 11.2. The highest BCUT2D eigenvalue weighted by Gasteiger charge is 2.26. The van der Waals surface area contributed by atoms with Crippen molar-refractivity contribution in [1.29, 1.82) is 0 Å². The molecular formula is C26H28N4O2. The number of aromatic nitrogens is 3. The molecule has 1 fully saturated rings. The van der Waals surface area contributed by atoms with E-state index in [4.69, 9.17) is 20.2 Å². The molecule has 0 spiro atoms. The van der Waals surface area contributed by atoms with Gasteiger partial charge in [-0.15, -0.1) is 0 Å². The van der Waals surface area contributed by atoms with Crippen molar-refractivity contribution in [1.82, 2.24) is 14.4 Å². The number of ether oxygens (including phenoxy) is 2. The number of rotatable bonds is 5. The normalized spacial score (nSPS) is 18.6. The van der Waals surface area contributed by atoms with Gasteiger partial charge in [-0.2, -0.15) is 0 Å². The van der Waals surface area contributed by atoms with E-state index in [9.17, 15) is 0 Å². The lowest BCUT2D eigenvalue weighted by atomic mass is 9.82. The van der Waals surface area contributed by atoms with Crippen LogP contribution in [0.4, 0.5) is 5.82 Å². The predicted octanol–water partition coefficient (Wildman–Crippen LogP) is 6.07. The molecule has 164 valence electrons. The lowest BCUT2D eigenvalue weighted by Gasteiger charge is -2.25. The first kappa shape index (κ1) is 20.4. The highest BCUT2D eigenvalue weighted by atomic mass is 16.5. The van der Waals surface area contributed by atoms with Crippen molar-refractivity contribution in [2.45, 2.75) is 38.5 Å². The summed E-state index contributed by atoms with van der Waals surface area (Å²) >= 11 is 0. The minimum Gasteiger partial charge on any atom is -0.493 e. The largest absolute Gasteiger partial charge is 0.493 e. The maximum absolute atomic E-state index is 6.33. The fourth-order valence-corrected chi connectivity index (χ4v) is 4.61. The number of anilines is 1. The van der Waals surface area contributed by atoms with Gasteiger partial charge in [0, 0.05) is 23.9 Å². The smallest absolute Gasteiger partial charge is 0.169 e. The molecule has 32 heavy (non-hydrogen) atoms. The molecular weight excluding hydrogens is 400 g/mol. The molecule has 6 heteroatoms. The van der Waals surface area contributed by atoms with E-state index >= 15 is 0 Å². The van der Waals surface area contributed by atoms with Crippen LogP contribution in [0.3, 0.4) is 0 Å². The van der Waals surface area contributed by atoms with E-state index in [0.29, 0.717) is 23.2 Å². The molecule has 1 saturated carbocycles.